The standard InChI is InChI=1S/C12H21BrO4/c1-3-4-5-6-7-16-12(15)8-11(9-13)17-10(2)14/h11H,3-9H2,1-2H3. The molecule has 4 nitrogen and oxygen atoms in total. The second-order valence-electron chi connectivity index (χ2n) is 3.87. The van der Waals surface area contributed by atoms with Gasteiger partial charge in [0.1, 0.15) is 6.10 Å². The summed E-state index contributed by atoms with van der Waals surface area (Å²) in [7, 11) is 0. The van der Waals surface area contributed by atoms with Gasteiger partial charge in [-0.25, -0.2) is 0 Å². The first-order valence-corrected chi connectivity index (χ1v) is 7.11. The molecule has 0 aliphatic carbocycles. The summed E-state index contributed by atoms with van der Waals surface area (Å²) in [6.07, 6.45) is 3.97. The van der Waals surface area contributed by atoms with Crippen LogP contribution in [-0.2, 0) is 19.1 Å². The number of carbonyl (C=O) groups is 2. The maximum absolute atomic E-state index is 11.4. The third-order valence-electron chi connectivity index (χ3n) is 2.16. The van der Waals surface area contributed by atoms with Crippen molar-refractivity contribution >= 4 is 27.9 Å². The first-order valence-electron chi connectivity index (χ1n) is 5.99. The van der Waals surface area contributed by atoms with Crippen molar-refractivity contribution < 1.29 is 19.1 Å². The predicted octanol–water partition coefficient (Wildman–Crippen LogP) is 2.83. The highest BCUT2D eigenvalue weighted by atomic mass is 79.9. The first-order chi connectivity index (χ1) is 8.10. The monoisotopic (exact) mass is 308 g/mol. The fourth-order valence-electron chi connectivity index (χ4n) is 1.32. The minimum absolute atomic E-state index is 0.110. The van der Waals surface area contributed by atoms with E-state index < -0.39 is 6.10 Å². The molecule has 0 spiro atoms. The van der Waals surface area contributed by atoms with Crippen LogP contribution in [0.5, 0.6) is 0 Å². The number of ether oxygens (including phenoxy) is 2. The van der Waals surface area contributed by atoms with Gasteiger partial charge in [-0.15, -0.1) is 0 Å². The van der Waals surface area contributed by atoms with Crippen LogP contribution in [0, 0.1) is 0 Å². The maximum atomic E-state index is 11.4. The van der Waals surface area contributed by atoms with Crippen molar-refractivity contribution in [2.45, 2.75) is 52.1 Å². The lowest BCUT2D eigenvalue weighted by Crippen LogP contribution is -2.23. The third-order valence-corrected chi connectivity index (χ3v) is 2.88. The SMILES string of the molecule is CCCCCCOC(=O)CC(CBr)OC(C)=O. The summed E-state index contributed by atoms with van der Waals surface area (Å²) in [5, 5.41) is 0.442. The van der Waals surface area contributed by atoms with E-state index >= 15 is 0 Å². The summed E-state index contributed by atoms with van der Waals surface area (Å²) in [5.41, 5.74) is 0. The lowest BCUT2D eigenvalue weighted by molar-refractivity contribution is -0.152. The molecule has 0 saturated carbocycles. The molecule has 17 heavy (non-hydrogen) atoms. The molecule has 0 rings (SSSR count). The van der Waals surface area contributed by atoms with Crippen LogP contribution in [0.15, 0.2) is 0 Å². The van der Waals surface area contributed by atoms with Gasteiger partial charge in [0, 0.05) is 12.3 Å². The Kier molecular flexibility index (Phi) is 10.2. The molecule has 0 amide bonds. The quantitative estimate of drug-likeness (QED) is 0.373. The number of hydrogen-bond donors (Lipinski definition) is 0. The van der Waals surface area contributed by atoms with Gasteiger partial charge in [0.2, 0.25) is 0 Å². The second-order valence-corrected chi connectivity index (χ2v) is 4.52. The van der Waals surface area contributed by atoms with Crippen molar-refractivity contribution in [3.05, 3.63) is 0 Å². The Hall–Kier alpha value is -0.580. The van der Waals surface area contributed by atoms with Gasteiger partial charge in [-0.2, -0.15) is 0 Å². The topological polar surface area (TPSA) is 52.6 Å². The Morgan fingerprint density at radius 3 is 2.47 bits per heavy atom. The van der Waals surface area contributed by atoms with Crippen LogP contribution in [0.4, 0.5) is 0 Å². The van der Waals surface area contributed by atoms with E-state index in [-0.39, 0.29) is 18.4 Å². The van der Waals surface area contributed by atoms with E-state index in [1.165, 1.54) is 6.92 Å². The average molecular weight is 309 g/mol. The maximum Gasteiger partial charge on any atom is 0.309 e. The van der Waals surface area contributed by atoms with Crippen LogP contribution in [-0.4, -0.2) is 30.0 Å². The number of carbonyl (C=O) groups excluding carboxylic acids is 2. The van der Waals surface area contributed by atoms with Crippen LogP contribution in [0.2, 0.25) is 0 Å². The highest BCUT2D eigenvalue weighted by Crippen LogP contribution is 2.06. The van der Waals surface area contributed by atoms with Crippen LogP contribution in [0.1, 0.15) is 46.0 Å². The molecule has 0 radical (unpaired) electrons. The van der Waals surface area contributed by atoms with Crippen molar-refractivity contribution in [1.29, 1.82) is 0 Å². The van der Waals surface area contributed by atoms with E-state index in [1.54, 1.807) is 0 Å². The molecule has 0 aromatic heterocycles. The zero-order valence-electron chi connectivity index (χ0n) is 10.5. The van der Waals surface area contributed by atoms with Crippen molar-refractivity contribution in [2.24, 2.45) is 0 Å². The number of hydrogen-bond acceptors (Lipinski definition) is 4. The van der Waals surface area contributed by atoms with E-state index in [4.69, 9.17) is 9.47 Å². The molecule has 1 unspecified atom stereocenters. The molecule has 0 N–H and O–H groups in total. The molecule has 100 valence electrons. The number of alkyl halides is 1. The summed E-state index contributed by atoms with van der Waals surface area (Å²) >= 11 is 3.19. The van der Waals surface area contributed by atoms with Gasteiger partial charge >= 0.3 is 11.9 Å². The van der Waals surface area contributed by atoms with Gasteiger partial charge in [0.05, 0.1) is 13.0 Å². The first kappa shape index (κ1) is 16.4. The molecule has 0 heterocycles. The van der Waals surface area contributed by atoms with Gasteiger partial charge in [0.25, 0.3) is 0 Å². The Bertz CT molecular complexity index is 231. The van der Waals surface area contributed by atoms with E-state index in [9.17, 15) is 9.59 Å². The molecular formula is C12H21BrO4. The molecule has 0 aromatic carbocycles. The third kappa shape index (κ3) is 10.3. The molecule has 0 saturated heterocycles. The van der Waals surface area contributed by atoms with E-state index in [0.717, 1.165) is 25.7 Å². The zero-order valence-corrected chi connectivity index (χ0v) is 12.1. The Morgan fingerprint density at radius 2 is 1.94 bits per heavy atom. The Morgan fingerprint density at radius 1 is 1.24 bits per heavy atom. The predicted molar refractivity (Wildman–Crippen MR) is 69.1 cm³/mol. The average Bonchev–Trinajstić information content (AvgIpc) is 2.27. The van der Waals surface area contributed by atoms with Gasteiger partial charge in [-0.3, -0.25) is 9.59 Å². The smallest absolute Gasteiger partial charge is 0.309 e. The van der Waals surface area contributed by atoms with Crippen LogP contribution >= 0.6 is 15.9 Å². The fraction of sp³-hybridized carbons (Fsp3) is 0.833. The number of unbranched alkanes of at least 4 members (excludes halogenated alkanes) is 3. The largest absolute Gasteiger partial charge is 0.466 e. The summed E-state index contributed by atoms with van der Waals surface area (Å²) < 4.78 is 9.98. The molecule has 0 bridgehead atoms. The van der Waals surface area contributed by atoms with Crippen molar-refractivity contribution in [3.63, 3.8) is 0 Å². The second kappa shape index (κ2) is 10.6. The highest BCUT2D eigenvalue weighted by molar-refractivity contribution is 9.09. The Labute approximate surface area is 111 Å². The van der Waals surface area contributed by atoms with Crippen LogP contribution in [0.25, 0.3) is 0 Å². The van der Waals surface area contributed by atoms with Crippen LogP contribution < -0.4 is 0 Å². The number of rotatable bonds is 9. The van der Waals surface area contributed by atoms with Crippen molar-refractivity contribution in [1.82, 2.24) is 0 Å². The molecule has 1 atom stereocenters. The minimum Gasteiger partial charge on any atom is -0.466 e. The van der Waals surface area contributed by atoms with Crippen LogP contribution in [0.3, 0.4) is 0 Å². The molecular weight excluding hydrogens is 288 g/mol. The summed E-state index contributed by atoms with van der Waals surface area (Å²) in [6, 6.07) is 0. The lowest BCUT2D eigenvalue weighted by atomic mass is 10.2. The molecule has 0 aliphatic heterocycles. The fourth-order valence-corrected chi connectivity index (χ4v) is 1.68. The lowest BCUT2D eigenvalue weighted by Gasteiger charge is -2.13. The van der Waals surface area contributed by atoms with E-state index in [2.05, 4.69) is 22.9 Å². The summed E-state index contributed by atoms with van der Waals surface area (Å²) in [5.74, 6) is -0.697. The van der Waals surface area contributed by atoms with Gasteiger partial charge in [-0.1, -0.05) is 42.1 Å². The van der Waals surface area contributed by atoms with Gasteiger partial charge in [-0.05, 0) is 6.42 Å². The minimum atomic E-state index is -0.435. The molecule has 0 fully saturated rings. The van der Waals surface area contributed by atoms with E-state index in [1.807, 2.05) is 0 Å². The molecule has 0 aliphatic rings. The van der Waals surface area contributed by atoms with E-state index in [0.29, 0.717) is 11.9 Å². The normalized spacial score (nSPS) is 11.9. The molecule has 5 heteroatoms. The highest BCUT2D eigenvalue weighted by Gasteiger charge is 2.16. The molecule has 0 aromatic rings. The zero-order chi connectivity index (χ0) is 13.1. The number of halogens is 1. The summed E-state index contributed by atoms with van der Waals surface area (Å²) in [6.45, 7) is 3.91. The van der Waals surface area contributed by atoms with Gasteiger partial charge in [0.15, 0.2) is 0 Å². The number of esters is 2. The van der Waals surface area contributed by atoms with Gasteiger partial charge < -0.3 is 9.47 Å². The van der Waals surface area contributed by atoms with Crippen molar-refractivity contribution in [3.8, 4) is 0 Å². The summed E-state index contributed by atoms with van der Waals surface area (Å²) in [4.78, 5) is 22.1. The van der Waals surface area contributed by atoms with Crippen molar-refractivity contribution in [2.75, 3.05) is 11.9 Å². The Balaban J connectivity index is 3.64.